The number of hydrogen-bond donors (Lipinski definition) is 2. The molecule has 0 spiro atoms. The number of anilines is 1. The monoisotopic (exact) mass is 389 g/mol. The first kappa shape index (κ1) is 20.0. The summed E-state index contributed by atoms with van der Waals surface area (Å²) in [7, 11) is 0. The van der Waals surface area contributed by atoms with Gasteiger partial charge in [0, 0.05) is 43.7 Å². The van der Waals surface area contributed by atoms with Gasteiger partial charge in [-0.1, -0.05) is 6.92 Å². The minimum Gasteiger partial charge on any atom is -0.486 e. The van der Waals surface area contributed by atoms with Crippen LogP contribution in [-0.2, 0) is 14.4 Å². The zero-order valence-corrected chi connectivity index (χ0v) is 16.3. The molecule has 152 valence electrons. The van der Waals surface area contributed by atoms with Gasteiger partial charge in [0.15, 0.2) is 11.5 Å². The van der Waals surface area contributed by atoms with Crippen LogP contribution in [0.15, 0.2) is 18.2 Å². The molecule has 2 atom stereocenters. The van der Waals surface area contributed by atoms with Crippen molar-refractivity contribution < 1.29 is 23.9 Å². The largest absolute Gasteiger partial charge is 0.486 e. The summed E-state index contributed by atoms with van der Waals surface area (Å²) in [6, 6.07) is 5.47. The van der Waals surface area contributed by atoms with Crippen LogP contribution in [0.4, 0.5) is 5.69 Å². The van der Waals surface area contributed by atoms with Crippen LogP contribution >= 0.6 is 0 Å². The SMILES string of the molecule is CCC(C)NC(=O)CCNC(=O)C1CC(=O)N(c2ccc3c(c2)OCCO3)C1. The van der Waals surface area contributed by atoms with Gasteiger partial charge in [-0.25, -0.2) is 0 Å². The molecule has 2 N–H and O–H groups in total. The van der Waals surface area contributed by atoms with Gasteiger partial charge in [0.2, 0.25) is 17.7 Å². The topological polar surface area (TPSA) is 97.0 Å². The number of rotatable bonds is 7. The zero-order valence-electron chi connectivity index (χ0n) is 16.3. The second kappa shape index (κ2) is 8.95. The smallest absolute Gasteiger partial charge is 0.227 e. The van der Waals surface area contributed by atoms with Crippen molar-refractivity contribution in [1.82, 2.24) is 10.6 Å². The lowest BCUT2D eigenvalue weighted by Gasteiger charge is -2.22. The molecule has 2 unspecified atom stereocenters. The van der Waals surface area contributed by atoms with E-state index in [0.29, 0.717) is 36.9 Å². The number of ether oxygens (including phenoxy) is 2. The van der Waals surface area contributed by atoms with Crippen LogP contribution in [0.2, 0.25) is 0 Å². The molecule has 0 aromatic heterocycles. The van der Waals surface area contributed by atoms with Crippen LogP contribution in [0.5, 0.6) is 11.5 Å². The summed E-state index contributed by atoms with van der Waals surface area (Å²) < 4.78 is 11.1. The number of fused-ring (bicyclic) bond motifs is 1. The van der Waals surface area contributed by atoms with E-state index in [2.05, 4.69) is 10.6 Å². The average Bonchev–Trinajstić information content (AvgIpc) is 3.09. The number of amides is 3. The Labute approximate surface area is 164 Å². The first-order chi connectivity index (χ1) is 13.5. The van der Waals surface area contributed by atoms with Gasteiger partial charge in [0.1, 0.15) is 13.2 Å². The lowest BCUT2D eigenvalue weighted by molar-refractivity contribution is -0.126. The Morgan fingerprint density at radius 3 is 2.75 bits per heavy atom. The summed E-state index contributed by atoms with van der Waals surface area (Å²) in [5.74, 6) is 0.438. The van der Waals surface area contributed by atoms with Gasteiger partial charge in [-0.2, -0.15) is 0 Å². The third kappa shape index (κ3) is 4.74. The van der Waals surface area contributed by atoms with Crippen molar-refractivity contribution in [3.05, 3.63) is 18.2 Å². The van der Waals surface area contributed by atoms with Crippen molar-refractivity contribution in [2.45, 2.75) is 39.2 Å². The molecule has 2 heterocycles. The van der Waals surface area contributed by atoms with Gasteiger partial charge < -0.3 is 25.0 Å². The van der Waals surface area contributed by atoms with E-state index >= 15 is 0 Å². The Kier molecular flexibility index (Phi) is 6.38. The predicted octanol–water partition coefficient (Wildman–Crippen LogP) is 1.23. The number of benzene rings is 1. The molecule has 0 aliphatic carbocycles. The molecule has 2 aliphatic heterocycles. The highest BCUT2D eigenvalue weighted by molar-refractivity contribution is 6.00. The number of carbonyl (C=O) groups excluding carboxylic acids is 3. The number of hydrogen-bond acceptors (Lipinski definition) is 5. The molecule has 0 saturated carbocycles. The summed E-state index contributed by atoms with van der Waals surface area (Å²) in [6.45, 7) is 5.48. The second-order valence-corrected chi connectivity index (χ2v) is 7.15. The first-order valence-electron chi connectivity index (χ1n) is 9.75. The molecule has 1 fully saturated rings. The van der Waals surface area contributed by atoms with Crippen LogP contribution in [0.3, 0.4) is 0 Å². The Bertz CT molecular complexity index is 751. The first-order valence-corrected chi connectivity index (χ1v) is 9.75. The quantitative estimate of drug-likeness (QED) is 0.731. The maximum Gasteiger partial charge on any atom is 0.227 e. The van der Waals surface area contributed by atoms with E-state index in [4.69, 9.17) is 9.47 Å². The summed E-state index contributed by atoms with van der Waals surface area (Å²) in [5, 5.41) is 5.62. The van der Waals surface area contributed by atoms with Crippen LogP contribution in [0.25, 0.3) is 0 Å². The maximum atomic E-state index is 12.4. The second-order valence-electron chi connectivity index (χ2n) is 7.15. The van der Waals surface area contributed by atoms with Crippen molar-refractivity contribution in [3.8, 4) is 11.5 Å². The Balaban J connectivity index is 1.51. The van der Waals surface area contributed by atoms with Gasteiger partial charge in [0.05, 0.1) is 5.92 Å². The molecule has 1 aromatic rings. The van der Waals surface area contributed by atoms with Crippen LogP contribution < -0.4 is 25.0 Å². The molecule has 8 nitrogen and oxygen atoms in total. The van der Waals surface area contributed by atoms with Gasteiger partial charge in [-0.3, -0.25) is 14.4 Å². The molecule has 0 bridgehead atoms. The fourth-order valence-corrected chi connectivity index (χ4v) is 3.23. The van der Waals surface area contributed by atoms with E-state index in [1.54, 1.807) is 23.1 Å². The average molecular weight is 389 g/mol. The van der Waals surface area contributed by atoms with E-state index in [-0.39, 0.29) is 43.1 Å². The molecule has 3 amide bonds. The Morgan fingerprint density at radius 1 is 1.25 bits per heavy atom. The molecule has 2 aliphatic rings. The fraction of sp³-hybridized carbons (Fsp3) is 0.550. The third-order valence-corrected chi connectivity index (χ3v) is 5.00. The molecule has 1 saturated heterocycles. The standard InChI is InChI=1S/C20H27N3O5/c1-3-13(2)22-18(24)6-7-21-20(26)14-10-19(25)23(12-14)15-4-5-16-17(11-15)28-9-8-27-16/h4-5,11,13-14H,3,6-10,12H2,1-2H3,(H,21,26)(H,22,24). The third-order valence-electron chi connectivity index (χ3n) is 5.00. The lowest BCUT2D eigenvalue weighted by atomic mass is 10.1. The zero-order chi connectivity index (χ0) is 20.1. The van der Waals surface area contributed by atoms with Crippen molar-refractivity contribution in [1.29, 1.82) is 0 Å². The molecule has 1 aromatic carbocycles. The van der Waals surface area contributed by atoms with E-state index in [0.717, 1.165) is 6.42 Å². The Morgan fingerprint density at radius 2 is 2.00 bits per heavy atom. The van der Waals surface area contributed by atoms with E-state index in [1.807, 2.05) is 13.8 Å². The van der Waals surface area contributed by atoms with Crippen LogP contribution in [0.1, 0.15) is 33.1 Å². The number of nitrogens with zero attached hydrogens (tertiary/aromatic N) is 1. The molecular weight excluding hydrogens is 362 g/mol. The number of nitrogens with one attached hydrogen (secondary N) is 2. The van der Waals surface area contributed by atoms with Crippen molar-refractivity contribution in [3.63, 3.8) is 0 Å². The van der Waals surface area contributed by atoms with Crippen molar-refractivity contribution in [2.75, 3.05) is 31.2 Å². The predicted molar refractivity (Wildman–Crippen MR) is 103 cm³/mol. The van der Waals surface area contributed by atoms with Crippen LogP contribution in [0, 0.1) is 5.92 Å². The van der Waals surface area contributed by atoms with Gasteiger partial charge in [-0.05, 0) is 25.5 Å². The van der Waals surface area contributed by atoms with Gasteiger partial charge in [0.25, 0.3) is 0 Å². The minimum atomic E-state index is -0.432. The van der Waals surface area contributed by atoms with Crippen molar-refractivity contribution in [2.24, 2.45) is 5.92 Å². The van der Waals surface area contributed by atoms with E-state index < -0.39 is 5.92 Å². The summed E-state index contributed by atoms with van der Waals surface area (Å²) >= 11 is 0. The van der Waals surface area contributed by atoms with Crippen molar-refractivity contribution >= 4 is 23.4 Å². The van der Waals surface area contributed by atoms with Crippen LogP contribution in [-0.4, -0.2) is 50.1 Å². The molecule has 8 heteroatoms. The summed E-state index contributed by atoms with van der Waals surface area (Å²) in [4.78, 5) is 38.2. The summed E-state index contributed by atoms with van der Waals surface area (Å²) in [6.07, 6.45) is 1.24. The number of carbonyl (C=O) groups is 3. The van der Waals surface area contributed by atoms with Gasteiger partial charge in [-0.15, -0.1) is 0 Å². The van der Waals surface area contributed by atoms with E-state index in [9.17, 15) is 14.4 Å². The lowest BCUT2D eigenvalue weighted by Crippen LogP contribution is -2.37. The Hall–Kier alpha value is -2.77. The maximum absolute atomic E-state index is 12.4. The highest BCUT2D eigenvalue weighted by Gasteiger charge is 2.35. The van der Waals surface area contributed by atoms with E-state index in [1.165, 1.54) is 0 Å². The normalized spacial score (nSPS) is 19.3. The van der Waals surface area contributed by atoms with Gasteiger partial charge >= 0.3 is 0 Å². The molecule has 3 rings (SSSR count). The molecule has 28 heavy (non-hydrogen) atoms. The fourth-order valence-electron chi connectivity index (χ4n) is 3.23. The highest BCUT2D eigenvalue weighted by Crippen LogP contribution is 2.35. The highest BCUT2D eigenvalue weighted by atomic mass is 16.6. The summed E-state index contributed by atoms with van der Waals surface area (Å²) in [5.41, 5.74) is 0.692. The molecule has 0 radical (unpaired) electrons. The molecular formula is C20H27N3O5. The minimum absolute atomic E-state index is 0.0879.